The van der Waals surface area contributed by atoms with Gasteiger partial charge in [-0.1, -0.05) is 6.08 Å². The van der Waals surface area contributed by atoms with Crippen molar-refractivity contribution in [3.8, 4) is 0 Å². The maximum Gasteiger partial charge on any atom is 0.352 e. The van der Waals surface area contributed by atoms with Crippen molar-refractivity contribution >= 4 is 13.6 Å². The number of rotatable bonds is 2. The van der Waals surface area contributed by atoms with E-state index in [9.17, 15) is 24.3 Å². The Morgan fingerprint density at radius 1 is 1.44 bits per heavy atom. The third-order valence-corrected chi connectivity index (χ3v) is 5.69. The fraction of sp³-hybridized carbons (Fsp3) is 0.700. The number of allylic oxidation sites excluding steroid dienone is 2. The molecular formula is C10H13O5P. The van der Waals surface area contributed by atoms with Crippen LogP contribution < -0.4 is 0 Å². The van der Waals surface area contributed by atoms with Crippen molar-refractivity contribution < 1.29 is 24.3 Å². The largest absolute Gasteiger partial charge is 0.481 e. The molecule has 4 atom stereocenters. The zero-order valence-corrected chi connectivity index (χ0v) is 9.43. The Hall–Kier alpha value is -0.640. The van der Waals surface area contributed by atoms with Crippen molar-refractivity contribution in [2.24, 2.45) is 23.2 Å². The number of carbonyl (C=O) groups is 1. The summed E-state index contributed by atoms with van der Waals surface area (Å²) in [4.78, 5) is 29.6. The van der Waals surface area contributed by atoms with Crippen LogP contribution in [0.5, 0.6) is 0 Å². The van der Waals surface area contributed by atoms with Crippen LogP contribution in [0.1, 0.15) is 19.3 Å². The maximum atomic E-state index is 11.3. The van der Waals surface area contributed by atoms with Gasteiger partial charge in [0.2, 0.25) is 0 Å². The number of aliphatic carboxylic acids is 1. The predicted octanol–water partition coefficient (Wildman–Crippen LogP) is 1.18. The Morgan fingerprint density at radius 2 is 2.12 bits per heavy atom. The van der Waals surface area contributed by atoms with E-state index in [0.29, 0.717) is 18.8 Å². The van der Waals surface area contributed by atoms with Crippen molar-refractivity contribution in [3.63, 3.8) is 0 Å². The first-order chi connectivity index (χ1) is 7.34. The Labute approximate surface area is 92.3 Å². The second-order valence-electron chi connectivity index (χ2n) is 5.22. The molecule has 0 unspecified atom stereocenters. The SMILES string of the molecule is O=C(O)[C@]12C[C@@H]3C[C@H](C1)[C@H]2C=C3P(=O)(O)O. The van der Waals surface area contributed by atoms with Crippen molar-refractivity contribution in [2.75, 3.05) is 0 Å². The summed E-state index contributed by atoms with van der Waals surface area (Å²) in [5, 5.41) is 9.41. The molecule has 0 spiro atoms. The molecule has 4 bridgehead atoms. The van der Waals surface area contributed by atoms with E-state index in [1.807, 2.05) is 0 Å². The van der Waals surface area contributed by atoms with E-state index >= 15 is 0 Å². The maximum absolute atomic E-state index is 11.3. The molecule has 16 heavy (non-hydrogen) atoms. The van der Waals surface area contributed by atoms with Crippen molar-refractivity contribution in [1.29, 1.82) is 0 Å². The van der Waals surface area contributed by atoms with E-state index in [1.54, 1.807) is 6.08 Å². The minimum Gasteiger partial charge on any atom is -0.481 e. The fourth-order valence-electron chi connectivity index (χ4n) is 3.85. The van der Waals surface area contributed by atoms with Crippen LogP contribution in [0.25, 0.3) is 0 Å². The second kappa shape index (κ2) is 2.78. The van der Waals surface area contributed by atoms with Gasteiger partial charge in [0, 0.05) is 5.31 Å². The molecule has 3 N–H and O–H groups in total. The Balaban J connectivity index is 2.03. The summed E-state index contributed by atoms with van der Waals surface area (Å²) in [7, 11) is -4.18. The fourth-order valence-corrected chi connectivity index (χ4v) is 4.88. The standard InChI is InChI=1S/C10H13O5P/c11-9(12)10-3-5-1-6(4-10)8(2-7(5)10)16(13,14)15/h2,5-7H,1,3-4H2,(H,11,12)(H2,13,14,15)/t5-,6+,7-,10+/m1/s1. The van der Waals surface area contributed by atoms with Gasteiger partial charge in [0.15, 0.2) is 0 Å². The lowest BCUT2D eigenvalue weighted by Gasteiger charge is -2.61. The molecule has 0 saturated heterocycles. The second-order valence-corrected chi connectivity index (χ2v) is 6.83. The zero-order valence-electron chi connectivity index (χ0n) is 8.54. The molecule has 0 amide bonds. The van der Waals surface area contributed by atoms with Gasteiger partial charge in [-0.2, -0.15) is 0 Å². The van der Waals surface area contributed by atoms with Crippen LogP contribution in [0, 0.1) is 23.2 Å². The molecule has 0 aromatic heterocycles. The van der Waals surface area contributed by atoms with Crippen LogP contribution in [0.4, 0.5) is 0 Å². The summed E-state index contributed by atoms with van der Waals surface area (Å²) in [6.07, 6.45) is 3.38. The molecule has 3 fully saturated rings. The van der Waals surface area contributed by atoms with Gasteiger partial charge >= 0.3 is 13.6 Å². The Morgan fingerprint density at radius 3 is 2.56 bits per heavy atom. The minimum atomic E-state index is -4.18. The third-order valence-electron chi connectivity index (χ3n) is 4.50. The topological polar surface area (TPSA) is 94.8 Å². The zero-order chi connectivity index (χ0) is 11.7. The minimum absolute atomic E-state index is 0.155. The summed E-state index contributed by atoms with van der Waals surface area (Å²) in [5.41, 5.74) is -0.716. The van der Waals surface area contributed by atoms with Crippen LogP contribution >= 0.6 is 7.60 Å². The van der Waals surface area contributed by atoms with Crippen molar-refractivity contribution in [2.45, 2.75) is 19.3 Å². The van der Waals surface area contributed by atoms with Gasteiger partial charge in [-0.05, 0) is 37.0 Å². The van der Waals surface area contributed by atoms with Gasteiger partial charge in [0.05, 0.1) is 5.41 Å². The van der Waals surface area contributed by atoms with E-state index in [-0.39, 0.29) is 17.2 Å². The highest BCUT2D eigenvalue weighted by atomic mass is 31.2. The van der Waals surface area contributed by atoms with Gasteiger partial charge in [-0.25, -0.2) is 0 Å². The van der Waals surface area contributed by atoms with Gasteiger partial charge in [-0.3, -0.25) is 9.36 Å². The highest BCUT2D eigenvalue weighted by Crippen LogP contribution is 2.71. The molecule has 3 saturated carbocycles. The molecule has 0 radical (unpaired) electrons. The highest BCUT2D eigenvalue weighted by molar-refractivity contribution is 7.56. The number of carboxylic acids is 1. The van der Waals surface area contributed by atoms with Crippen LogP contribution in [0.2, 0.25) is 0 Å². The average Bonchev–Trinajstić information content (AvgIpc) is 2.15. The first kappa shape index (κ1) is 10.5. The average molecular weight is 244 g/mol. The quantitative estimate of drug-likeness (QED) is 0.634. The Bertz CT molecular complexity index is 450. The van der Waals surface area contributed by atoms with E-state index in [4.69, 9.17) is 0 Å². The molecule has 0 heterocycles. The molecule has 0 aromatic carbocycles. The van der Waals surface area contributed by atoms with E-state index in [1.165, 1.54) is 0 Å². The molecule has 88 valence electrons. The van der Waals surface area contributed by atoms with Crippen molar-refractivity contribution in [3.05, 3.63) is 11.4 Å². The van der Waals surface area contributed by atoms with Gasteiger partial charge in [-0.15, -0.1) is 0 Å². The molecule has 5 aliphatic rings. The lowest BCUT2D eigenvalue weighted by molar-refractivity contribution is -0.178. The summed E-state index contributed by atoms with van der Waals surface area (Å²) in [6, 6.07) is 0. The highest BCUT2D eigenvalue weighted by Gasteiger charge is 2.66. The normalized spacial score (nSPS) is 44.9. The van der Waals surface area contributed by atoms with Gasteiger partial charge < -0.3 is 14.9 Å². The monoisotopic (exact) mass is 244 g/mol. The van der Waals surface area contributed by atoms with Crippen LogP contribution in [0.15, 0.2) is 11.4 Å². The van der Waals surface area contributed by atoms with Gasteiger partial charge in [0.1, 0.15) is 0 Å². The van der Waals surface area contributed by atoms with E-state index in [0.717, 1.165) is 6.42 Å². The Kier molecular flexibility index (Phi) is 1.83. The third kappa shape index (κ3) is 1.09. The summed E-state index contributed by atoms with van der Waals surface area (Å²) >= 11 is 0. The van der Waals surface area contributed by atoms with Crippen molar-refractivity contribution in [1.82, 2.24) is 0 Å². The van der Waals surface area contributed by atoms with Gasteiger partial charge in [0.25, 0.3) is 0 Å². The molecule has 5 rings (SSSR count). The van der Waals surface area contributed by atoms with Crippen LogP contribution in [-0.2, 0) is 9.36 Å². The van der Waals surface area contributed by atoms with Crippen LogP contribution in [-0.4, -0.2) is 20.9 Å². The summed E-state index contributed by atoms with van der Waals surface area (Å²) in [5.74, 6) is -0.858. The molecule has 0 aromatic rings. The first-order valence-corrected chi connectivity index (χ1v) is 6.97. The number of hydrogen-bond donors (Lipinski definition) is 3. The lowest BCUT2D eigenvalue weighted by Crippen LogP contribution is -2.60. The first-order valence-electron chi connectivity index (χ1n) is 5.36. The lowest BCUT2D eigenvalue weighted by atomic mass is 9.42. The van der Waals surface area contributed by atoms with E-state index in [2.05, 4.69) is 0 Å². The summed E-state index contributed by atoms with van der Waals surface area (Å²) in [6.45, 7) is 0. The summed E-state index contributed by atoms with van der Waals surface area (Å²) < 4.78 is 11.3. The number of carboxylic acid groups (broad SMARTS) is 1. The van der Waals surface area contributed by atoms with E-state index < -0.39 is 19.0 Å². The van der Waals surface area contributed by atoms with Crippen LogP contribution in [0.3, 0.4) is 0 Å². The molecule has 0 aliphatic heterocycles. The molecule has 5 nitrogen and oxygen atoms in total. The molecular weight excluding hydrogens is 231 g/mol. The predicted molar refractivity (Wildman–Crippen MR) is 54.5 cm³/mol. The number of hydrogen-bond acceptors (Lipinski definition) is 2. The molecule has 5 aliphatic carbocycles. The smallest absolute Gasteiger partial charge is 0.352 e. The molecule has 6 heteroatoms.